The molecule has 0 aliphatic carbocycles. The van der Waals surface area contributed by atoms with E-state index in [-0.39, 0.29) is 11.9 Å². The minimum Gasteiger partial charge on any atom is -0.342 e. The maximum Gasteiger partial charge on any atom is 0.251 e. The molecule has 0 saturated carbocycles. The van der Waals surface area contributed by atoms with Gasteiger partial charge in [-0.25, -0.2) is 4.98 Å². The number of hydrogen-bond acceptors (Lipinski definition) is 3. The number of para-hydroxylation sites is 2. The summed E-state index contributed by atoms with van der Waals surface area (Å²) < 4.78 is 2.14. The predicted molar refractivity (Wildman–Crippen MR) is 95.6 cm³/mol. The van der Waals surface area contributed by atoms with E-state index >= 15 is 0 Å². The average molecular weight is 322 g/mol. The largest absolute Gasteiger partial charge is 0.342 e. The van der Waals surface area contributed by atoms with E-state index < -0.39 is 0 Å². The molecule has 2 aromatic carbocycles. The average Bonchev–Trinajstić information content (AvgIpc) is 3.00. The third kappa shape index (κ3) is 3.03. The Morgan fingerprint density at radius 2 is 1.92 bits per heavy atom. The molecule has 0 saturated heterocycles. The Morgan fingerprint density at radius 3 is 2.58 bits per heavy atom. The van der Waals surface area contributed by atoms with Crippen LogP contribution in [0.15, 0.2) is 48.5 Å². The standard InChI is InChI=1S/C19H22N4O/c1-3-23-17-7-5-4-6-16(17)22-18(23)13(2)21-19(24)15-10-8-14(12-20)9-11-15/h4-11,13H,3,12,20H2,1-2H3,(H,21,24). The second-order valence-electron chi connectivity index (χ2n) is 5.80. The highest BCUT2D eigenvalue weighted by atomic mass is 16.1. The molecule has 5 heteroatoms. The molecule has 0 fully saturated rings. The van der Waals surface area contributed by atoms with Gasteiger partial charge in [0.1, 0.15) is 5.82 Å². The molecule has 0 radical (unpaired) electrons. The summed E-state index contributed by atoms with van der Waals surface area (Å²) in [5.74, 6) is 0.756. The molecule has 1 aromatic heterocycles. The first kappa shape index (κ1) is 16.2. The molecule has 1 amide bonds. The Morgan fingerprint density at radius 1 is 1.21 bits per heavy atom. The lowest BCUT2D eigenvalue weighted by Crippen LogP contribution is -2.28. The highest BCUT2D eigenvalue weighted by molar-refractivity contribution is 5.94. The van der Waals surface area contributed by atoms with E-state index in [1.807, 2.05) is 37.3 Å². The number of aromatic nitrogens is 2. The van der Waals surface area contributed by atoms with Crippen molar-refractivity contribution >= 4 is 16.9 Å². The number of nitrogens with one attached hydrogen (secondary N) is 1. The minimum absolute atomic E-state index is 0.110. The molecule has 3 aromatic rings. The van der Waals surface area contributed by atoms with E-state index in [2.05, 4.69) is 27.9 Å². The third-order valence-electron chi connectivity index (χ3n) is 4.19. The molecular formula is C19H22N4O. The molecule has 0 aliphatic rings. The molecule has 1 heterocycles. The van der Waals surface area contributed by atoms with Gasteiger partial charge in [0, 0.05) is 18.7 Å². The van der Waals surface area contributed by atoms with Crippen LogP contribution >= 0.6 is 0 Å². The normalized spacial score (nSPS) is 12.3. The zero-order chi connectivity index (χ0) is 17.1. The molecule has 124 valence electrons. The van der Waals surface area contributed by atoms with Crippen LogP contribution in [0.5, 0.6) is 0 Å². The van der Waals surface area contributed by atoms with Crippen molar-refractivity contribution < 1.29 is 4.79 Å². The monoisotopic (exact) mass is 322 g/mol. The maximum atomic E-state index is 12.5. The first-order valence-electron chi connectivity index (χ1n) is 8.19. The van der Waals surface area contributed by atoms with Crippen molar-refractivity contribution in [2.75, 3.05) is 0 Å². The van der Waals surface area contributed by atoms with Crippen molar-refractivity contribution in [1.82, 2.24) is 14.9 Å². The van der Waals surface area contributed by atoms with Gasteiger partial charge < -0.3 is 15.6 Å². The summed E-state index contributed by atoms with van der Waals surface area (Å²) in [6, 6.07) is 15.2. The number of amides is 1. The zero-order valence-electron chi connectivity index (χ0n) is 14.0. The quantitative estimate of drug-likeness (QED) is 0.758. The first-order valence-corrected chi connectivity index (χ1v) is 8.19. The van der Waals surface area contributed by atoms with Gasteiger partial charge in [0.25, 0.3) is 5.91 Å². The summed E-state index contributed by atoms with van der Waals surface area (Å²) in [6.07, 6.45) is 0. The molecule has 0 spiro atoms. The smallest absolute Gasteiger partial charge is 0.251 e. The van der Waals surface area contributed by atoms with Crippen LogP contribution in [0.2, 0.25) is 0 Å². The van der Waals surface area contributed by atoms with Crippen LogP contribution in [0.25, 0.3) is 11.0 Å². The van der Waals surface area contributed by atoms with Gasteiger partial charge in [0.05, 0.1) is 17.1 Å². The molecule has 1 atom stereocenters. The Labute approximate surface area is 141 Å². The number of nitrogens with two attached hydrogens (primary N) is 1. The van der Waals surface area contributed by atoms with Crippen LogP contribution in [0.4, 0.5) is 0 Å². The lowest BCUT2D eigenvalue weighted by atomic mass is 10.1. The third-order valence-corrected chi connectivity index (χ3v) is 4.19. The minimum atomic E-state index is -0.181. The van der Waals surface area contributed by atoms with E-state index in [4.69, 9.17) is 5.73 Å². The first-order chi connectivity index (χ1) is 11.6. The lowest BCUT2D eigenvalue weighted by molar-refractivity contribution is 0.0937. The number of fused-ring (bicyclic) bond motifs is 1. The van der Waals surface area contributed by atoms with Crippen molar-refractivity contribution in [3.63, 3.8) is 0 Å². The highest BCUT2D eigenvalue weighted by Gasteiger charge is 2.18. The van der Waals surface area contributed by atoms with Gasteiger partial charge in [-0.05, 0) is 43.7 Å². The summed E-state index contributed by atoms with van der Waals surface area (Å²) >= 11 is 0. The topological polar surface area (TPSA) is 72.9 Å². The van der Waals surface area contributed by atoms with E-state index in [9.17, 15) is 4.79 Å². The number of carbonyl (C=O) groups is 1. The number of hydrogen-bond donors (Lipinski definition) is 2. The zero-order valence-corrected chi connectivity index (χ0v) is 14.0. The van der Waals surface area contributed by atoms with Crippen LogP contribution in [0.1, 0.15) is 41.6 Å². The second-order valence-corrected chi connectivity index (χ2v) is 5.80. The van der Waals surface area contributed by atoms with Crippen molar-refractivity contribution in [3.8, 4) is 0 Å². The van der Waals surface area contributed by atoms with Crippen LogP contribution in [-0.2, 0) is 13.1 Å². The van der Waals surface area contributed by atoms with Crippen LogP contribution in [0, 0.1) is 0 Å². The fourth-order valence-corrected chi connectivity index (χ4v) is 2.89. The molecule has 24 heavy (non-hydrogen) atoms. The van der Waals surface area contributed by atoms with Gasteiger partial charge in [-0.1, -0.05) is 24.3 Å². The predicted octanol–water partition coefficient (Wildman–Crippen LogP) is 3.01. The summed E-state index contributed by atoms with van der Waals surface area (Å²) in [5.41, 5.74) is 9.25. The van der Waals surface area contributed by atoms with Crippen molar-refractivity contribution in [1.29, 1.82) is 0 Å². The van der Waals surface area contributed by atoms with Crippen molar-refractivity contribution in [2.24, 2.45) is 5.73 Å². The molecular weight excluding hydrogens is 300 g/mol. The molecule has 0 bridgehead atoms. The lowest BCUT2D eigenvalue weighted by Gasteiger charge is -2.15. The van der Waals surface area contributed by atoms with Gasteiger partial charge >= 0.3 is 0 Å². The van der Waals surface area contributed by atoms with E-state index in [0.29, 0.717) is 12.1 Å². The molecule has 5 nitrogen and oxygen atoms in total. The number of imidazole rings is 1. The Balaban J connectivity index is 1.83. The summed E-state index contributed by atoms with van der Waals surface area (Å²) in [5, 5.41) is 3.03. The Kier molecular flexibility index (Phi) is 4.62. The summed E-state index contributed by atoms with van der Waals surface area (Å²) in [6.45, 7) is 5.32. The van der Waals surface area contributed by atoms with Crippen molar-refractivity contribution in [3.05, 3.63) is 65.5 Å². The summed E-state index contributed by atoms with van der Waals surface area (Å²) in [4.78, 5) is 17.2. The Hall–Kier alpha value is -2.66. The Bertz CT molecular complexity index is 851. The van der Waals surface area contributed by atoms with E-state index in [1.54, 1.807) is 12.1 Å². The second kappa shape index (κ2) is 6.84. The van der Waals surface area contributed by atoms with E-state index in [0.717, 1.165) is 29.0 Å². The van der Waals surface area contributed by atoms with Crippen LogP contribution in [0.3, 0.4) is 0 Å². The summed E-state index contributed by atoms with van der Waals surface area (Å²) in [7, 11) is 0. The number of aryl methyl sites for hydroxylation is 1. The molecule has 3 rings (SSSR count). The maximum absolute atomic E-state index is 12.5. The number of rotatable bonds is 5. The van der Waals surface area contributed by atoms with Gasteiger partial charge in [-0.2, -0.15) is 0 Å². The number of benzene rings is 2. The molecule has 1 unspecified atom stereocenters. The van der Waals surface area contributed by atoms with Crippen LogP contribution < -0.4 is 11.1 Å². The molecule has 0 aliphatic heterocycles. The SMILES string of the molecule is CCn1c(C(C)NC(=O)c2ccc(CN)cc2)nc2ccccc21. The van der Waals surface area contributed by atoms with Gasteiger partial charge in [0.2, 0.25) is 0 Å². The van der Waals surface area contributed by atoms with Gasteiger partial charge in [-0.3, -0.25) is 4.79 Å². The van der Waals surface area contributed by atoms with Gasteiger partial charge in [-0.15, -0.1) is 0 Å². The molecule has 3 N–H and O–H groups in total. The number of nitrogens with zero attached hydrogens (tertiary/aromatic N) is 2. The van der Waals surface area contributed by atoms with Gasteiger partial charge in [0.15, 0.2) is 0 Å². The van der Waals surface area contributed by atoms with E-state index in [1.165, 1.54) is 0 Å². The van der Waals surface area contributed by atoms with Crippen molar-refractivity contribution in [2.45, 2.75) is 33.0 Å². The fourth-order valence-electron chi connectivity index (χ4n) is 2.89. The van der Waals surface area contributed by atoms with Crippen LogP contribution in [-0.4, -0.2) is 15.5 Å². The number of carbonyl (C=O) groups excluding carboxylic acids is 1. The highest BCUT2D eigenvalue weighted by Crippen LogP contribution is 2.21. The fraction of sp³-hybridized carbons (Fsp3) is 0.263.